The van der Waals surface area contributed by atoms with E-state index in [4.69, 9.17) is 9.47 Å². The summed E-state index contributed by atoms with van der Waals surface area (Å²) in [5, 5.41) is 9.61. The molecule has 0 rings (SSSR count). The van der Waals surface area contributed by atoms with Gasteiger partial charge in [0.05, 0.1) is 6.61 Å². The van der Waals surface area contributed by atoms with Crippen LogP contribution in [-0.4, -0.2) is 36.4 Å². The van der Waals surface area contributed by atoms with Crippen molar-refractivity contribution in [3.63, 3.8) is 0 Å². The van der Waals surface area contributed by atoms with E-state index in [-0.39, 0.29) is 25.2 Å². The monoisotopic (exact) mass is 811 g/mol. The molecule has 0 aromatic heterocycles. The van der Waals surface area contributed by atoms with E-state index in [9.17, 15) is 14.7 Å². The minimum Gasteiger partial charge on any atom is -0.462 e. The van der Waals surface area contributed by atoms with E-state index >= 15 is 0 Å². The van der Waals surface area contributed by atoms with E-state index in [0.29, 0.717) is 12.8 Å². The quantitative estimate of drug-likeness (QED) is 0.0377. The molecular weight excluding hydrogens is 717 g/mol. The molecule has 0 saturated heterocycles. The number of rotatable bonds is 45. The second kappa shape index (κ2) is 49.0. The van der Waals surface area contributed by atoms with Crippen molar-refractivity contribution in [3.05, 3.63) is 60.8 Å². The fraction of sp³-hybridized carbons (Fsp3) is 0.774. The third kappa shape index (κ3) is 46.3. The summed E-state index contributed by atoms with van der Waals surface area (Å²) in [6.45, 7) is 4.10. The topological polar surface area (TPSA) is 72.8 Å². The normalized spacial score (nSPS) is 12.7. The van der Waals surface area contributed by atoms with Gasteiger partial charge in [0.2, 0.25) is 0 Å². The third-order valence-corrected chi connectivity index (χ3v) is 10.8. The maximum atomic E-state index is 12.2. The lowest BCUT2D eigenvalue weighted by Gasteiger charge is -2.15. The van der Waals surface area contributed by atoms with Gasteiger partial charge in [0.1, 0.15) is 6.61 Å². The van der Waals surface area contributed by atoms with Crippen molar-refractivity contribution in [1.29, 1.82) is 0 Å². The van der Waals surface area contributed by atoms with Gasteiger partial charge in [-0.1, -0.05) is 209 Å². The number of carbonyl (C=O) groups is 2. The van der Waals surface area contributed by atoms with E-state index in [1.54, 1.807) is 0 Å². The molecule has 0 aliphatic heterocycles. The number of esters is 2. The summed E-state index contributed by atoms with van der Waals surface area (Å²) < 4.78 is 10.7. The van der Waals surface area contributed by atoms with Crippen LogP contribution in [-0.2, 0) is 19.1 Å². The van der Waals surface area contributed by atoms with Crippen LogP contribution in [0.2, 0.25) is 0 Å². The first-order valence-corrected chi connectivity index (χ1v) is 24.8. The lowest BCUT2D eigenvalue weighted by molar-refractivity contribution is -0.161. The predicted octanol–water partition coefficient (Wildman–Crippen LogP) is 16.3. The number of hydrogen-bond acceptors (Lipinski definition) is 5. The van der Waals surface area contributed by atoms with Crippen LogP contribution in [0.4, 0.5) is 0 Å². The van der Waals surface area contributed by atoms with Crippen LogP contribution in [0.5, 0.6) is 0 Å². The number of unbranched alkanes of at least 4 members (excludes halogenated alkanes) is 27. The molecule has 0 radical (unpaired) electrons. The summed E-state index contributed by atoms with van der Waals surface area (Å²) in [6.07, 6.45) is 64.5. The van der Waals surface area contributed by atoms with Crippen molar-refractivity contribution in [3.8, 4) is 0 Å². The Balaban J connectivity index is 3.52. The Bertz CT molecular complexity index is 1010. The maximum absolute atomic E-state index is 12.2. The molecule has 0 amide bonds. The van der Waals surface area contributed by atoms with Crippen molar-refractivity contribution in [2.75, 3.05) is 13.2 Å². The zero-order valence-electron chi connectivity index (χ0n) is 38.3. The summed E-state index contributed by atoms with van der Waals surface area (Å²) in [6, 6.07) is 0. The minimum atomic E-state index is -0.781. The summed E-state index contributed by atoms with van der Waals surface area (Å²) in [5.41, 5.74) is 0. The van der Waals surface area contributed by atoms with E-state index in [1.807, 2.05) is 0 Å². The second-order valence-corrected chi connectivity index (χ2v) is 16.5. The van der Waals surface area contributed by atoms with Crippen LogP contribution in [0.3, 0.4) is 0 Å². The molecule has 336 valence electrons. The molecule has 58 heavy (non-hydrogen) atoms. The number of aliphatic hydroxyl groups is 1. The molecule has 5 nitrogen and oxygen atoms in total. The molecule has 0 aromatic carbocycles. The van der Waals surface area contributed by atoms with Gasteiger partial charge in [0.15, 0.2) is 6.10 Å². The van der Waals surface area contributed by atoms with Crippen LogP contribution in [0.25, 0.3) is 0 Å². The Labute approximate surface area is 360 Å². The first-order chi connectivity index (χ1) is 28.6. The van der Waals surface area contributed by atoms with Gasteiger partial charge in [0, 0.05) is 12.8 Å². The largest absolute Gasteiger partial charge is 0.462 e. The molecule has 1 N–H and O–H groups in total. The SMILES string of the molecule is CCCCC/C=C\C/C=C\C/C=C\CCCCCCCCC(=O)OC(CO)COC(=O)CCCCCCCCCCCCCCC/C=C\C/C=C\CCCCCCC. The van der Waals surface area contributed by atoms with Crippen LogP contribution in [0, 0.1) is 0 Å². The van der Waals surface area contributed by atoms with E-state index in [0.717, 1.165) is 64.2 Å². The number of hydrogen-bond donors (Lipinski definition) is 1. The number of carbonyl (C=O) groups excluding carboxylic acids is 2. The second-order valence-electron chi connectivity index (χ2n) is 16.5. The molecule has 0 saturated carbocycles. The molecule has 0 spiro atoms. The molecule has 0 aromatic rings. The molecule has 1 unspecified atom stereocenters. The summed E-state index contributed by atoms with van der Waals surface area (Å²) in [4.78, 5) is 24.4. The lowest BCUT2D eigenvalue weighted by Crippen LogP contribution is -2.28. The molecule has 1 atom stereocenters. The summed E-state index contributed by atoms with van der Waals surface area (Å²) in [7, 11) is 0. The van der Waals surface area contributed by atoms with Gasteiger partial charge in [-0.25, -0.2) is 0 Å². The van der Waals surface area contributed by atoms with Gasteiger partial charge < -0.3 is 14.6 Å². The number of allylic oxidation sites excluding steroid dienone is 10. The fourth-order valence-electron chi connectivity index (χ4n) is 7.00. The van der Waals surface area contributed by atoms with Gasteiger partial charge in [-0.3, -0.25) is 9.59 Å². The van der Waals surface area contributed by atoms with E-state index < -0.39 is 6.10 Å². The molecule has 0 aliphatic carbocycles. The minimum absolute atomic E-state index is 0.0723. The van der Waals surface area contributed by atoms with Gasteiger partial charge in [-0.15, -0.1) is 0 Å². The molecule has 0 heterocycles. The smallest absolute Gasteiger partial charge is 0.306 e. The highest BCUT2D eigenvalue weighted by molar-refractivity contribution is 5.70. The predicted molar refractivity (Wildman–Crippen MR) is 251 cm³/mol. The Hall–Kier alpha value is -2.40. The number of aliphatic hydroxyl groups excluding tert-OH is 1. The highest BCUT2D eigenvalue weighted by atomic mass is 16.6. The average Bonchev–Trinajstić information content (AvgIpc) is 3.23. The Kier molecular flexibility index (Phi) is 46.9. The highest BCUT2D eigenvalue weighted by Gasteiger charge is 2.16. The van der Waals surface area contributed by atoms with Crippen molar-refractivity contribution < 1.29 is 24.2 Å². The molecule has 0 aliphatic rings. The van der Waals surface area contributed by atoms with Gasteiger partial charge in [-0.2, -0.15) is 0 Å². The van der Waals surface area contributed by atoms with Crippen LogP contribution >= 0.6 is 0 Å². The van der Waals surface area contributed by atoms with Crippen molar-refractivity contribution in [2.24, 2.45) is 0 Å². The average molecular weight is 811 g/mol. The summed E-state index contributed by atoms with van der Waals surface area (Å²) >= 11 is 0. The summed E-state index contributed by atoms with van der Waals surface area (Å²) in [5.74, 6) is -0.602. The van der Waals surface area contributed by atoms with Gasteiger partial charge in [0.25, 0.3) is 0 Å². The van der Waals surface area contributed by atoms with Gasteiger partial charge >= 0.3 is 11.9 Å². The van der Waals surface area contributed by atoms with Crippen molar-refractivity contribution in [1.82, 2.24) is 0 Å². The first-order valence-electron chi connectivity index (χ1n) is 24.8. The zero-order chi connectivity index (χ0) is 42.1. The molecule has 5 heteroatoms. The van der Waals surface area contributed by atoms with Crippen molar-refractivity contribution >= 4 is 11.9 Å². The Morgan fingerprint density at radius 3 is 1.07 bits per heavy atom. The molecule has 0 bridgehead atoms. The first kappa shape index (κ1) is 55.6. The Morgan fingerprint density at radius 2 is 0.690 bits per heavy atom. The van der Waals surface area contributed by atoms with Crippen LogP contribution in [0.15, 0.2) is 60.8 Å². The third-order valence-electron chi connectivity index (χ3n) is 10.8. The van der Waals surface area contributed by atoms with E-state index in [2.05, 4.69) is 74.6 Å². The molecular formula is C53H94O5. The molecule has 0 fully saturated rings. The van der Waals surface area contributed by atoms with Crippen molar-refractivity contribution in [2.45, 2.75) is 251 Å². The van der Waals surface area contributed by atoms with Crippen LogP contribution in [0.1, 0.15) is 245 Å². The fourth-order valence-corrected chi connectivity index (χ4v) is 7.00. The maximum Gasteiger partial charge on any atom is 0.306 e. The number of ether oxygens (including phenoxy) is 2. The Morgan fingerprint density at radius 1 is 0.397 bits per heavy atom. The van der Waals surface area contributed by atoms with Crippen LogP contribution < -0.4 is 0 Å². The lowest BCUT2D eigenvalue weighted by atomic mass is 10.0. The van der Waals surface area contributed by atoms with E-state index in [1.165, 1.54) is 154 Å². The standard InChI is InChI=1S/C53H94O5/c1-3-5-7-9-11-13-15-17-19-21-23-24-25-26-27-28-30-31-33-35-37-39-41-43-45-47-52(55)57-50-51(49-54)58-53(56)48-46-44-42-40-38-36-34-32-29-22-20-18-16-14-12-10-8-6-4-2/h12,14-15,17-18,20-21,23,29,32,51,54H,3-11,13,16,19,22,24-28,30-31,33-50H2,1-2H3/b14-12-,17-15-,20-18-,23-21-,32-29-. The highest BCUT2D eigenvalue weighted by Crippen LogP contribution is 2.15. The zero-order valence-corrected chi connectivity index (χ0v) is 38.3. The van der Waals surface area contributed by atoms with Gasteiger partial charge in [-0.05, 0) is 83.5 Å².